The van der Waals surface area contributed by atoms with Crippen molar-refractivity contribution < 1.29 is 0 Å². The van der Waals surface area contributed by atoms with E-state index in [0.717, 1.165) is 28.1 Å². The first-order valence-corrected chi connectivity index (χ1v) is 9.94. The number of benzene rings is 2. The fourth-order valence-corrected chi connectivity index (χ4v) is 3.04. The van der Waals surface area contributed by atoms with Gasteiger partial charge in [-0.25, -0.2) is 9.48 Å². The molecule has 1 aromatic heterocycles. The highest BCUT2D eigenvalue weighted by molar-refractivity contribution is 5.78. The van der Waals surface area contributed by atoms with Gasteiger partial charge in [0.2, 0.25) is 0 Å². The molecule has 0 amide bonds. The highest BCUT2D eigenvalue weighted by atomic mass is 16.1. The van der Waals surface area contributed by atoms with Crippen LogP contribution in [-0.2, 0) is 6.54 Å². The van der Waals surface area contributed by atoms with Gasteiger partial charge < -0.3 is 9.80 Å². The molecule has 2 aromatic carbocycles. The maximum absolute atomic E-state index is 12.7. The van der Waals surface area contributed by atoms with Gasteiger partial charge in [-0.2, -0.15) is 10.1 Å². The SMILES string of the molecule is CC(C)=CCn1nc(-c2ccc(N(C)C)cc2)c(-c2ccc(N(C)C)cc2)nc1=O. The van der Waals surface area contributed by atoms with Crippen LogP contribution in [0.15, 0.2) is 65.0 Å². The van der Waals surface area contributed by atoms with E-state index in [1.807, 2.05) is 106 Å². The summed E-state index contributed by atoms with van der Waals surface area (Å²) >= 11 is 0. The summed E-state index contributed by atoms with van der Waals surface area (Å²) in [6.07, 6.45) is 1.97. The smallest absolute Gasteiger partial charge is 0.364 e. The van der Waals surface area contributed by atoms with Gasteiger partial charge in [-0.05, 0) is 38.1 Å². The minimum Gasteiger partial charge on any atom is -0.378 e. The lowest BCUT2D eigenvalue weighted by molar-refractivity contribution is 0.628. The van der Waals surface area contributed by atoms with Crippen molar-refractivity contribution in [2.24, 2.45) is 0 Å². The van der Waals surface area contributed by atoms with Crippen molar-refractivity contribution in [3.63, 3.8) is 0 Å². The number of anilines is 2. The van der Waals surface area contributed by atoms with Crippen LogP contribution in [0.5, 0.6) is 0 Å². The van der Waals surface area contributed by atoms with Gasteiger partial charge in [0.1, 0.15) is 11.4 Å². The lowest BCUT2D eigenvalue weighted by Crippen LogP contribution is -2.26. The molecule has 0 saturated heterocycles. The Kier molecular flexibility index (Phi) is 6.35. The molecule has 6 nitrogen and oxygen atoms in total. The topological polar surface area (TPSA) is 54.3 Å². The van der Waals surface area contributed by atoms with Crippen LogP contribution in [0.25, 0.3) is 22.5 Å². The van der Waals surface area contributed by atoms with Gasteiger partial charge in [0.05, 0.1) is 6.54 Å². The van der Waals surface area contributed by atoms with E-state index in [0.29, 0.717) is 17.9 Å². The molecule has 0 radical (unpaired) electrons. The molecule has 0 bridgehead atoms. The van der Waals surface area contributed by atoms with Crippen LogP contribution in [0.1, 0.15) is 13.8 Å². The molecule has 0 fully saturated rings. The predicted molar refractivity (Wildman–Crippen MR) is 125 cm³/mol. The third-order valence-corrected chi connectivity index (χ3v) is 4.86. The van der Waals surface area contributed by atoms with Crippen LogP contribution in [0.4, 0.5) is 11.4 Å². The van der Waals surface area contributed by atoms with Crippen molar-refractivity contribution in [2.75, 3.05) is 38.0 Å². The van der Waals surface area contributed by atoms with E-state index in [1.165, 1.54) is 4.68 Å². The van der Waals surface area contributed by atoms with Crippen molar-refractivity contribution in [1.82, 2.24) is 14.8 Å². The number of nitrogens with zero attached hydrogens (tertiary/aromatic N) is 5. The molecule has 3 rings (SSSR count). The quantitative estimate of drug-likeness (QED) is 0.581. The molecule has 6 heteroatoms. The molecule has 0 spiro atoms. The molecule has 0 aliphatic heterocycles. The maximum atomic E-state index is 12.7. The van der Waals surface area contributed by atoms with Gasteiger partial charge in [-0.1, -0.05) is 35.9 Å². The first kappa shape index (κ1) is 21.3. The molecule has 30 heavy (non-hydrogen) atoms. The van der Waals surface area contributed by atoms with Crippen molar-refractivity contribution in [2.45, 2.75) is 20.4 Å². The Hall–Kier alpha value is -3.41. The Morgan fingerprint density at radius 3 is 1.73 bits per heavy atom. The largest absolute Gasteiger partial charge is 0.378 e. The molecule has 0 unspecified atom stereocenters. The molecular formula is C24H29N5O. The Labute approximate surface area is 178 Å². The molecule has 0 aliphatic carbocycles. The molecule has 0 atom stereocenters. The third-order valence-electron chi connectivity index (χ3n) is 4.86. The second kappa shape index (κ2) is 8.95. The van der Waals surface area contributed by atoms with Crippen LogP contribution in [0, 0.1) is 0 Å². The molecule has 3 aromatic rings. The summed E-state index contributed by atoms with van der Waals surface area (Å²) in [6, 6.07) is 16.1. The van der Waals surface area contributed by atoms with Gasteiger partial charge in [-0.15, -0.1) is 0 Å². The van der Waals surface area contributed by atoms with Crippen LogP contribution in [0.2, 0.25) is 0 Å². The summed E-state index contributed by atoms with van der Waals surface area (Å²) in [5.41, 5.74) is 6.03. The molecular weight excluding hydrogens is 374 g/mol. The highest BCUT2D eigenvalue weighted by Crippen LogP contribution is 2.30. The molecule has 1 heterocycles. The Morgan fingerprint density at radius 1 is 0.833 bits per heavy atom. The predicted octanol–water partition coefficient (Wildman–Crippen LogP) is 4.07. The van der Waals surface area contributed by atoms with Crippen LogP contribution in [0.3, 0.4) is 0 Å². The van der Waals surface area contributed by atoms with E-state index < -0.39 is 0 Å². The molecule has 0 N–H and O–H groups in total. The van der Waals surface area contributed by atoms with E-state index in [-0.39, 0.29) is 5.69 Å². The molecule has 0 saturated carbocycles. The fraction of sp³-hybridized carbons (Fsp3) is 0.292. The number of hydrogen-bond donors (Lipinski definition) is 0. The van der Waals surface area contributed by atoms with Gasteiger partial charge in [0.15, 0.2) is 0 Å². The average molecular weight is 404 g/mol. The minimum atomic E-state index is -0.354. The van der Waals surface area contributed by atoms with Gasteiger partial charge >= 0.3 is 5.69 Å². The summed E-state index contributed by atoms with van der Waals surface area (Å²) in [6.45, 7) is 4.40. The first-order chi connectivity index (χ1) is 14.3. The Morgan fingerprint density at radius 2 is 1.30 bits per heavy atom. The Balaban J connectivity index is 2.15. The van der Waals surface area contributed by atoms with Crippen molar-refractivity contribution in [3.05, 3.63) is 70.7 Å². The van der Waals surface area contributed by atoms with Crippen LogP contribution >= 0.6 is 0 Å². The fourth-order valence-electron chi connectivity index (χ4n) is 3.04. The molecule has 0 aliphatic rings. The maximum Gasteiger partial charge on any atom is 0.364 e. The van der Waals surface area contributed by atoms with Crippen molar-refractivity contribution in [1.29, 1.82) is 0 Å². The lowest BCUT2D eigenvalue weighted by Gasteiger charge is -2.15. The van der Waals surface area contributed by atoms with Crippen LogP contribution in [-0.4, -0.2) is 43.0 Å². The second-order valence-electron chi connectivity index (χ2n) is 7.94. The van der Waals surface area contributed by atoms with E-state index in [2.05, 4.69) is 4.98 Å². The highest BCUT2D eigenvalue weighted by Gasteiger charge is 2.15. The number of allylic oxidation sites excluding steroid dienone is 2. The summed E-state index contributed by atoms with van der Waals surface area (Å²) in [7, 11) is 8.01. The van der Waals surface area contributed by atoms with Crippen molar-refractivity contribution in [3.8, 4) is 22.5 Å². The lowest BCUT2D eigenvalue weighted by atomic mass is 10.0. The summed E-state index contributed by atoms with van der Waals surface area (Å²) < 4.78 is 1.42. The van der Waals surface area contributed by atoms with E-state index in [4.69, 9.17) is 5.10 Å². The van der Waals surface area contributed by atoms with E-state index in [1.54, 1.807) is 0 Å². The van der Waals surface area contributed by atoms with Gasteiger partial charge in [0, 0.05) is 50.7 Å². The third kappa shape index (κ3) is 4.76. The first-order valence-electron chi connectivity index (χ1n) is 9.94. The zero-order valence-corrected chi connectivity index (χ0v) is 18.5. The second-order valence-corrected chi connectivity index (χ2v) is 7.94. The number of hydrogen-bond acceptors (Lipinski definition) is 5. The van der Waals surface area contributed by atoms with Gasteiger partial charge in [-0.3, -0.25) is 0 Å². The van der Waals surface area contributed by atoms with Crippen LogP contribution < -0.4 is 15.5 Å². The minimum absolute atomic E-state index is 0.354. The average Bonchev–Trinajstić information content (AvgIpc) is 2.72. The standard InChI is InChI=1S/C24H29N5O/c1-17(2)15-16-29-24(30)25-22(18-7-11-20(12-8-18)27(3)4)23(26-29)19-9-13-21(14-10-19)28(5)6/h7-15H,16H2,1-6H3. The summed E-state index contributed by atoms with van der Waals surface area (Å²) in [4.78, 5) is 21.2. The molecule has 156 valence electrons. The zero-order chi connectivity index (χ0) is 21.8. The summed E-state index contributed by atoms with van der Waals surface area (Å²) in [5, 5.41) is 4.70. The number of rotatable bonds is 6. The Bertz CT molecular complexity index is 1090. The normalized spacial score (nSPS) is 10.6. The monoisotopic (exact) mass is 403 g/mol. The van der Waals surface area contributed by atoms with Crippen molar-refractivity contribution >= 4 is 11.4 Å². The zero-order valence-electron chi connectivity index (χ0n) is 18.5. The van der Waals surface area contributed by atoms with E-state index in [9.17, 15) is 4.79 Å². The van der Waals surface area contributed by atoms with E-state index >= 15 is 0 Å². The summed E-state index contributed by atoms with van der Waals surface area (Å²) in [5.74, 6) is 0. The van der Waals surface area contributed by atoms with Gasteiger partial charge in [0.25, 0.3) is 0 Å². The number of aromatic nitrogens is 3.